The molecule has 1 aliphatic carbocycles. The normalized spacial score (nSPS) is 13.7. The third-order valence-electron chi connectivity index (χ3n) is 5.32. The number of rotatable bonds is 3. The quantitative estimate of drug-likeness (QED) is 0.355. The van der Waals surface area contributed by atoms with Crippen molar-refractivity contribution in [1.82, 2.24) is 14.6 Å². The molecule has 12 heteroatoms. The van der Waals surface area contributed by atoms with Gasteiger partial charge in [0, 0.05) is 4.88 Å². The molecule has 7 nitrogen and oxygen atoms in total. The molecule has 4 aromatic heterocycles. The summed E-state index contributed by atoms with van der Waals surface area (Å²) < 4.78 is 47.1. The van der Waals surface area contributed by atoms with Crippen molar-refractivity contribution >= 4 is 43.8 Å². The molecular formula is C21H13BrF3N5O2S. The summed E-state index contributed by atoms with van der Waals surface area (Å²) >= 11 is 4.51. The molecule has 5 rings (SSSR count). The van der Waals surface area contributed by atoms with Gasteiger partial charge in [0.25, 0.3) is 5.91 Å². The molecular weight excluding hydrogens is 523 g/mol. The van der Waals surface area contributed by atoms with Crippen LogP contribution in [0.15, 0.2) is 33.4 Å². The second-order valence-corrected chi connectivity index (χ2v) is 9.28. The Morgan fingerprint density at radius 3 is 2.82 bits per heavy atom. The maximum atomic E-state index is 13.8. The molecule has 33 heavy (non-hydrogen) atoms. The average Bonchev–Trinajstić information content (AvgIpc) is 3.50. The Morgan fingerprint density at radius 1 is 1.33 bits per heavy atom. The summed E-state index contributed by atoms with van der Waals surface area (Å²) in [6.07, 6.45) is 0.129. The van der Waals surface area contributed by atoms with E-state index in [1.54, 1.807) is 0 Å². The second kappa shape index (κ2) is 8.00. The zero-order valence-electron chi connectivity index (χ0n) is 16.7. The molecule has 1 amide bonds. The predicted molar refractivity (Wildman–Crippen MR) is 117 cm³/mol. The number of thiophene rings is 1. The number of hydrogen-bond acceptors (Lipinski definition) is 6. The highest BCUT2D eigenvalue weighted by Gasteiger charge is 2.37. The molecule has 0 radical (unpaired) electrons. The predicted octanol–water partition coefficient (Wildman–Crippen LogP) is 5.83. The molecule has 168 valence electrons. The van der Waals surface area contributed by atoms with Crippen LogP contribution in [0.1, 0.15) is 45.0 Å². The maximum Gasteiger partial charge on any atom is 0.433 e. The number of aryl methyl sites for hydroxylation is 1. The van der Waals surface area contributed by atoms with E-state index in [2.05, 4.69) is 37.4 Å². The molecule has 0 aliphatic heterocycles. The summed E-state index contributed by atoms with van der Waals surface area (Å²) in [6, 6.07) is 5.97. The number of hydrogen-bond donors (Lipinski definition) is 1. The van der Waals surface area contributed by atoms with E-state index in [1.807, 2.05) is 0 Å². The molecule has 4 aromatic rings. The van der Waals surface area contributed by atoms with Gasteiger partial charge in [-0.1, -0.05) is 0 Å². The maximum absolute atomic E-state index is 13.8. The lowest BCUT2D eigenvalue weighted by atomic mass is 9.96. The topological polar surface area (TPSA) is 96.2 Å². The number of nitrogens with one attached hydrogen (secondary N) is 1. The molecule has 1 N–H and O–H groups in total. The fourth-order valence-electron chi connectivity index (χ4n) is 3.82. The SMILES string of the molecule is N#Cc1c(NC(=O)c2nn3c(C(F)(F)F)cc(-c4ccco4)nc3c2Br)sc2c1CCCC2. The number of amides is 1. The number of nitriles is 1. The van der Waals surface area contributed by atoms with Crippen molar-refractivity contribution in [3.05, 3.63) is 56.3 Å². The van der Waals surface area contributed by atoms with Crippen molar-refractivity contribution in [1.29, 1.82) is 5.26 Å². The highest BCUT2D eigenvalue weighted by molar-refractivity contribution is 9.10. The third-order valence-corrected chi connectivity index (χ3v) is 7.26. The van der Waals surface area contributed by atoms with Crippen LogP contribution in [0.5, 0.6) is 0 Å². The van der Waals surface area contributed by atoms with Crippen molar-refractivity contribution in [3.63, 3.8) is 0 Å². The van der Waals surface area contributed by atoms with E-state index in [-0.39, 0.29) is 27.3 Å². The van der Waals surface area contributed by atoms with Crippen molar-refractivity contribution in [2.24, 2.45) is 0 Å². The van der Waals surface area contributed by atoms with Crippen molar-refractivity contribution in [3.8, 4) is 17.5 Å². The zero-order valence-corrected chi connectivity index (χ0v) is 19.1. The minimum Gasteiger partial charge on any atom is -0.463 e. The van der Waals surface area contributed by atoms with Crippen molar-refractivity contribution < 1.29 is 22.4 Å². The van der Waals surface area contributed by atoms with Gasteiger partial charge in [-0.25, -0.2) is 9.50 Å². The van der Waals surface area contributed by atoms with Crippen LogP contribution in [0.25, 0.3) is 17.1 Å². The third kappa shape index (κ3) is 3.71. The zero-order chi connectivity index (χ0) is 23.3. The van der Waals surface area contributed by atoms with E-state index >= 15 is 0 Å². The Hall–Kier alpha value is -3.17. The summed E-state index contributed by atoms with van der Waals surface area (Å²) in [6.45, 7) is 0. The lowest BCUT2D eigenvalue weighted by Crippen LogP contribution is -2.15. The number of anilines is 1. The van der Waals surface area contributed by atoms with E-state index in [0.29, 0.717) is 15.1 Å². The molecule has 0 atom stereocenters. The number of halogens is 4. The van der Waals surface area contributed by atoms with Crippen LogP contribution in [0, 0.1) is 11.3 Å². The largest absolute Gasteiger partial charge is 0.463 e. The number of carbonyl (C=O) groups is 1. The fourth-order valence-corrected chi connectivity index (χ4v) is 5.57. The van der Waals surface area contributed by atoms with Crippen LogP contribution in [0.3, 0.4) is 0 Å². The van der Waals surface area contributed by atoms with Gasteiger partial charge in [-0.3, -0.25) is 4.79 Å². The van der Waals surface area contributed by atoms with Crippen molar-refractivity contribution in [2.75, 3.05) is 5.32 Å². The number of carbonyl (C=O) groups excluding carboxylic acids is 1. The molecule has 0 fully saturated rings. The Kier molecular flexibility index (Phi) is 5.25. The lowest BCUT2D eigenvalue weighted by molar-refractivity contribution is -0.142. The summed E-state index contributed by atoms with van der Waals surface area (Å²) in [5.74, 6) is -0.597. The van der Waals surface area contributed by atoms with Gasteiger partial charge < -0.3 is 9.73 Å². The van der Waals surface area contributed by atoms with Gasteiger partial charge in [0.15, 0.2) is 22.8 Å². The average molecular weight is 536 g/mol. The highest BCUT2D eigenvalue weighted by Crippen LogP contribution is 2.39. The molecule has 0 spiro atoms. The van der Waals surface area contributed by atoms with Gasteiger partial charge in [0.05, 0.1) is 16.3 Å². The van der Waals surface area contributed by atoms with Gasteiger partial charge >= 0.3 is 6.18 Å². The van der Waals surface area contributed by atoms with E-state index in [0.717, 1.165) is 42.2 Å². The molecule has 1 aliphatic rings. The van der Waals surface area contributed by atoms with E-state index in [9.17, 15) is 23.2 Å². The van der Waals surface area contributed by atoms with Gasteiger partial charge in [-0.05, 0) is 65.4 Å². The molecule has 0 aromatic carbocycles. The fraction of sp³-hybridized carbons (Fsp3) is 0.238. The van der Waals surface area contributed by atoms with Crippen LogP contribution in [-0.2, 0) is 19.0 Å². The monoisotopic (exact) mass is 535 g/mol. The lowest BCUT2D eigenvalue weighted by Gasteiger charge is -2.10. The van der Waals surface area contributed by atoms with Crippen LogP contribution >= 0.6 is 27.3 Å². The molecule has 0 unspecified atom stereocenters. The first kappa shape index (κ1) is 21.7. The van der Waals surface area contributed by atoms with Gasteiger partial charge in [0.2, 0.25) is 0 Å². The second-order valence-electron chi connectivity index (χ2n) is 7.38. The smallest absolute Gasteiger partial charge is 0.433 e. The van der Waals surface area contributed by atoms with E-state index in [1.165, 1.54) is 29.7 Å². The summed E-state index contributed by atoms with van der Waals surface area (Å²) in [7, 11) is 0. The Bertz CT molecular complexity index is 1430. The Balaban J connectivity index is 1.59. The van der Waals surface area contributed by atoms with E-state index in [4.69, 9.17) is 4.42 Å². The standard InChI is InChI=1S/C21H13BrF3N5O2S/c22-16-17(19(31)28-20-11(9-26)10-4-1-2-6-14(10)33-20)29-30-15(21(23,24)25)8-12(27-18(16)30)13-5-3-7-32-13/h3,5,7-8H,1-2,4,6H2,(H,28,31). The van der Waals surface area contributed by atoms with Crippen molar-refractivity contribution in [2.45, 2.75) is 31.9 Å². The number of fused-ring (bicyclic) bond motifs is 2. The van der Waals surface area contributed by atoms with Gasteiger partial charge in [0.1, 0.15) is 16.8 Å². The first-order chi connectivity index (χ1) is 15.8. The first-order valence-corrected chi connectivity index (χ1v) is 11.4. The highest BCUT2D eigenvalue weighted by atomic mass is 79.9. The number of aromatic nitrogens is 3. The minimum atomic E-state index is -4.76. The molecule has 0 saturated carbocycles. The van der Waals surface area contributed by atoms with Gasteiger partial charge in [-0.15, -0.1) is 11.3 Å². The first-order valence-electron chi connectivity index (χ1n) is 9.84. The number of furan rings is 1. The summed E-state index contributed by atoms with van der Waals surface area (Å²) in [5, 5.41) is 16.5. The van der Waals surface area contributed by atoms with Gasteiger partial charge in [-0.2, -0.15) is 23.5 Å². The van der Waals surface area contributed by atoms with E-state index < -0.39 is 17.8 Å². The number of nitrogens with zero attached hydrogens (tertiary/aromatic N) is 4. The summed E-state index contributed by atoms with van der Waals surface area (Å²) in [4.78, 5) is 18.3. The molecule has 0 saturated heterocycles. The Morgan fingerprint density at radius 2 is 2.12 bits per heavy atom. The summed E-state index contributed by atoms with van der Waals surface area (Å²) in [5.41, 5.74) is -0.292. The number of alkyl halides is 3. The van der Waals surface area contributed by atoms with Crippen LogP contribution in [-0.4, -0.2) is 20.5 Å². The van der Waals surface area contributed by atoms with Crippen LogP contribution in [0.4, 0.5) is 18.2 Å². The minimum absolute atomic E-state index is 0.00117. The van der Waals surface area contributed by atoms with Crippen LogP contribution in [0.2, 0.25) is 0 Å². The Labute approximate surface area is 197 Å². The van der Waals surface area contributed by atoms with Crippen LogP contribution < -0.4 is 5.32 Å². The molecule has 0 bridgehead atoms. The molecule has 4 heterocycles.